The van der Waals surface area contributed by atoms with Gasteiger partial charge in [0, 0.05) is 24.0 Å². The van der Waals surface area contributed by atoms with Crippen LogP contribution in [0.3, 0.4) is 0 Å². The fourth-order valence-electron chi connectivity index (χ4n) is 2.93. The third kappa shape index (κ3) is 2.10. The molecule has 0 amide bonds. The lowest BCUT2D eigenvalue weighted by Crippen LogP contribution is -2.42. The summed E-state index contributed by atoms with van der Waals surface area (Å²) in [6.07, 6.45) is 7.35. The summed E-state index contributed by atoms with van der Waals surface area (Å²) in [4.78, 5) is 2.79. The molecular formula is C11H20BrN. The van der Waals surface area contributed by atoms with Crippen LogP contribution in [-0.4, -0.2) is 28.9 Å². The second-order valence-corrected chi connectivity index (χ2v) is 5.42. The molecule has 0 radical (unpaired) electrons. The van der Waals surface area contributed by atoms with Crippen LogP contribution in [0.25, 0.3) is 0 Å². The maximum absolute atomic E-state index is 3.58. The Bertz CT molecular complexity index is 155. The first kappa shape index (κ1) is 9.97. The van der Waals surface area contributed by atoms with Gasteiger partial charge in [-0.05, 0) is 31.6 Å². The maximum atomic E-state index is 3.58. The number of hydrogen-bond acceptors (Lipinski definition) is 1. The van der Waals surface area contributed by atoms with Crippen molar-refractivity contribution < 1.29 is 0 Å². The Hall–Kier alpha value is 0.440. The molecule has 0 aromatic carbocycles. The van der Waals surface area contributed by atoms with Gasteiger partial charge in [-0.3, -0.25) is 4.90 Å². The summed E-state index contributed by atoms with van der Waals surface area (Å²) in [5.74, 6) is 0.821. The Kier molecular flexibility index (Phi) is 3.31. The molecule has 2 bridgehead atoms. The van der Waals surface area contributed by atoms with E-state index in [4.69, 9.17) is 0 Å². The average molecular weight is 246 g/mol. The third-order valence-electron chi connectivity index (χ3n) is 3.63. The van der Waals surface area contributed by atoms with Gasteiger partial charge >= 0.3 is 0 Å². The van der Waals surface area contributed by atoms with Crippen molar-refractivity contribution in [3.8, 4) is 0 Å². The normalized spacial score (nSPS) is 36.5. The number of rotatable bonds is 3. The molecule has 2 aliphatic heterocycles. The summed E-state index contributed by atoms with van der Waals surface area (Å²) in [5, 5.41) is 1.16. The zero-order chi connectivity index (χ0) is 9.26. The van der Waals surface area contributed by atoms with Crippen LogP contribution < -0.4 is 0 Å². The van der Waals surface area contributed by atoms with Gasteiger partial charge in [-0.15, -0.1) is 0 Å². The van der Waals surface area contributed by atoms with Crippen LogP contribution in [0, 0.1) is 5.92 Å². The molecule has 2 saturated heterocycles. The molecule has 0 saturated carbocycles. The number of nitrogens with zero attached hydrogens (tertiary/aromatic N) is 1. The summed E-state index contributed by atoms with van der Waals surface area (Å²) in [7, 11) is 0. The highest BCUT2D eigenvalue weighted by atomic mass is 79.9. The molecule has 0 aromatic rings. The molecule has 2 heterocycles. The van der Waals surface area contributed by atoms with E-state index in [2.05, 4.69) is 27.8 Å². The standard InChI is InChI=1S/C11H20BrN/c1-9(7-12)8-13-10-3-2-4-11(13)6-5-10/h9-11H,2-8H2,1H3. The van der Waals surface area contributed by atoms with Gasteiger partial charge in [0.2, 0.25) is 0 Å². The zero-order valence-electron chi connectivity index (χ0n) is 8.51. The van der Waals surface area contributed by atoms with Crippen molar-refractivity contribution in [2.75, 3.05) is 11.9 Å². The first-order chi connectivity index (χ1) is 6.31. The van der Waals surface area contributed by atoms with Crippen molar-refractivity contribution in [1.82, 2.24) is 4.90 Å². The fraction of sp³-hybridized carbons (Fsp3) is 1.00. The van der Waals surface area contributed by atoms with Gasteiger partial charge in [-0.1, -0.05) is 29.3 Å². The van der Waals surface area contributed by atoms with Gasteiger partial charge in [0.15, 0.2) is 0 Å². The predicted molar refractivity (Wildman–Crippen MR) is 60.3 cm³/mol. The highest BCUT2D eigenvalue weighted by Gasteiger charge is 2.36. The number of hydrogen-bond donors (Lipinski definition) is 0. The van der Waals surface area contributed by atoms with Crippen LogP contribution >= 0.6 is 15.9 Å². The lowest BCUT2D eigenvalue weighted by Gasteiger charge is -2.36. The monoisotopic (exact) mass is 245 g/mol. The van der Waals surface area contributed by atoms with E-state index in [0.717, 1.165) is 23.3 Å². The van der Waals surface area contributed by atoms with E-state index < -0.39 is 0 Å². The SMILES string of the molecule is CC(CBr)CN1C2CCCC1CC2. The van der Waals surface area contributed by atoms with Crippen LogP contribution in [0.2, 0.25) is 0 Å². The summed E-state index contributed by atoms with van der Waals surface area (Å²) >= 11 is 3.58. The van der Waals surface area contributed by atoms with E-state index in [9.17, 15) is 0 Å². The van der Waals surface area contributed by atoms with Crippen molar-refractivity contribution in [2.24, 2.45) is 5.92 Å². The molecule has 0 N–H and O–H groups in total. The zero-order valence-corrected chi connectivity index (χ0v) is 10.1. The summed E-state index contributed by atoms with van der Waals surface area (Å²) in [6, 6.07) is 1.89. The van der Waals surface area contributed by atoms with E-state index >= 15 is 0 Å². The van der Waals surface area contributed by atoms with Gasteiger partial charge in [0.1, 0.15) is 0 Å². The van der Waals surface area contributed by atoms with E-state index in [1.54, 1.807) is 0 Å². The van der Waals surface area contributed by atoms with E-state index in [0.29, 0.717) is 0 Å². The Morgan fingerprint density at radius 2 is 1.85 bits per heavy atom. The van der Waals surface area contributed by atoms with E-state index in [-0.39, 0.29) is 0 Å². The highest BCUT2D eigenvalue weighted by molar-refractivity contribution is 9.09. The first-order valence-corrected chi connectivity index (χ1v) is 6.75. The van der Waals surface area contributed by atoms with Crippen LogP contribution in [0.5, 0.6) is 0 Å². The second-order valence-electron chi connectivity index (χ2n) is 4.77. The van der Waals surface area contributed by atoms with Crippen molar-refractivity contribution in [1.29, 1.82) is 0 Å². The van der Waals surface area contributed by atoms with Crippen LogP contribution in [-0.2, 0) is 0 Å². The van der Waals surface area contributed by atoms with Gasteiger partial charge in [-0.25, -0.2) is 0 Å². The average Bonchev–Trinajstić information content (AvgIpc) is 2.41. The quantitative estimate of drug-likeness (QED) is 0.692. The number of fused-ring (bicyclic) bond motifs is 2. The summed E-state index contributed by atoms with van der Waals surface area (Å²) in [5.41, 5.74) is 0. The number of halogens is 1. The van der Waals surface area contributed by atoms with Crippen molar-refractivity contribution in [3.63, 3.8) is 0 Å². The molecule has 76 valence electrons. The minimum absolute atomic E-state index is 0.821. The van der Waals surface area contributed by atoms with Crippen LogP contribution in [0.15, 0.2) is 0 Å². The van der Waals surface area contributed by atoms with Crippen molar-refractivity contribution in [3.05, 3.63) is 0 Å². The molecule has 13 heavy (non-hydrogen) atoms. The van der Waals surface area contributed by atoms with Crippen LogP contribution in [0.1, 0.15) is 39.0 Å². The molecule has 0 aliphatic carbocycles. The van der Waals surface area contributed by atoms with E-state index in [1.165, 1.54) is 38.6 Å². The van der Waals surface area contributed by atoms with Gasteiger partial charge < -0.3 is 0 Å². The molecule has 2 fully saturated rings. The predicted octanol–water partition coefficient (Wildman–Crippen LogP) is 3.03. The number of piperidine rings is 1. The molecular weight excluding hydrogens is 226 g/mol. The minimum atomic E-state index is 0.821. The lowest BCUT2D eigenvalue weighted by molar-refractivity contribution is 0.125. The third-order valence-corrected chi connectivity index (χ3v) is 4.74. The molecule has 1 nitrogen and oxygen atoms in total. The molecule has 2 aliphatic rings. The van der Waals surface area contributed by atoms with Gasteiger partial charge in [0.25, 0.3) is 0 Å². The van der Waals surface area contributed by atoms with E-state index in [1.807, 2.05) is 0 Å². The smallest absolute Gasteiger partial charge is 0.00989 e. The Balaban J connectivity index is 1.91. The van der Waals surface area contributed by atoms with Crippen LogP contribution in [0.4, 0.5) is 0 Å². The number of alkyl halides is 1. The van der Waals surface area contributed by atoms with Gasteiger partial charge in [0.05, 0.1) is 0 Å². The second kappa shape index (κ2) is 4.31. The molecule has 2 rings (SSSR count). The summed E-state index contributed by atoms with van der Waals surface area (Å²) < 4.78 is 0. The minimum Gasteiger partial charge on any atom is -0.297 e. The van der Waals surface area contributed by atoms with Crippen molar-refractivity contribution >= 4 is 15.9 Å². The maximum Gasteiger partial charge on any atom is 0.00989 e. The summed E-state index contributed by atoms with van der Waals surface area (Å²) in [6.45, 7) is 3.67. The first-order valence-electron chi connectivity index (χ1n) is 5.63. The molecule has 0 aromatic heterocycles. The Morgan fingerprint density at radius 3 is 2.38 bits per heavy atom. The molecule has 3 atom stereocenters. The lowest BCUT2D eigenvalue weighted by atomic mass is 10.0. The highest BCUT2D eigenvalue weighted by Crippen LogP contribution is 2.35. The molecule has 0 spiro atoms. The van der Waals surface area contributed by atoms with Gasteiger partial charge in [-0.2, -0.15) is 0 Å². The molecule has 3 unspecified atom stereocenters. The Labute approximate surface area is 90.0 Å². The fourth-order valence-corrected chi connectivity index (χ4v) is 3.14. The Morgan fingerprint density at radius 1 is 1.23 bits per heavy atom. The van der Waals surface area contributed by atoms with Crippen molar-refractivity contribution in [2.45, 2.75) is 51.1 Å². The molecule has 2 heteroatoms. The largest absolute Gasteiger partial charge is 0.297 e. The topological polar surface area (TPSA) is 3.24 Å².